The molecular formula is C11H13NO2. The molecule has 1 aromatic carbocycles. The average molecular weight is 191 g/mol. The molecule has 1 amide bonds. The van der Waals surface area contributed by atoms with Crippen molar-refractivity contribution in [3.05, 3.63) is 34.4 Å². The normalized spacial score (nSPS) is 14.9. The maximum Gasteiger partial charge on any atom is 0.248 e. The number of rotatable bonds is 1. The van der Waals surface area contributed by atoms with Crippen LogP contribution in [-0.4, -0.2) is 12.5 Å². The first-order chi connectivity index (χ1) is 6.68. The number of nitrogens with two attached hydrogens (primary N) is 1. The van der Waals surface area contributed by atoms with Crippen LogP contribution in [0.2, 0.25) is 0 Å². The summed E-state index contributed by atoms with van der Waals surface area (Å²) < 4.78 is 5.34. The maximum absolute atomic E-state index is 11.1. The zero-order valence-corrected chi connectivity index (χ0v) is 8.17. The first kappa shape index (κ1) is 9.21. The molecule has 0 saturated carbocycles. The highest BCUT2D eigenvalue weighted by atomic mass is 16.5. The van der Waals surface area contributed by atoms with Gasteiger partial charge in [-0.25, -0.2) is 0 Å². The van der Waals surface area contributed by atoms with Gasteiger partial charge in [0.05, 0.1) is 13.2 Å². The molecule has 0 bridgehead atoms. The van der Waals surface area contributed by atoms with Gasteiger partial charge in [-0.2, -0.15) is 0 Å². The van der Waals surface area contributed by atoms with Crippen molar-refractivity contribution in [2.24, 2.45) is 5.73 Å². The van der Waals surface area contributed by atoms with E-state index in [9.17, 15) is 4.79 Å². The number of benzene rings is 1. The highest BCUT2D eigenvalue weighted by molar-refractivity contribution is 5.94. The molecule has 1 aliphatic heterocycles. The summed E-state index contributed by atoms with van der Waals surface area (Å²) in [5.41, 5.74) is 9.21. The topological polar surface area (TPSA) is 52.3 Å². The predicted molar refractivity (Wildman–Crippen MR) is 53.1 cm³/mol. The number of carbonyl (C=O) groups excluding carboxylic acids is 1. The Morgan fingerprint density at radius 1 is 1.43 bits per heavy atom. The molecule has 14 heavy (non-hydrogen) atoms. The Morgan fingerprint density at radius 2 is 2.21 bits per heavy atom. The monoisotopic (exact) mass is 191 g/mol. The van der Waals surface area contributed by atoms with E-state index in [1.165, 1.54) is 11.1 Å². The van der Waals surface area contributed by atoms with Gasteiger partial charge in [0.25, 0.3) is 0 Å². The third-order valence-corrected chi connectivity index (χ3v) is 2.59. The summed E-state index contributed by atoms with van der Waals surface area (Å²) >= 11 is 0. The van der Waals surface area contributed by atoms with Gasteiger partial charge in [0.2, 0.25) is 5.91 Å². The van der Waals surface area contributed by atoms with Crippen LogP contribution in [0.5, 0.6) is 0 Å². The van der Waals surface area contributed by atoms with Crippen LogP contribution in [-0.2, 0) is 17.8 Å². The van der Waals surface area contributed by atoms with Crippen molar-refractivity contribution >= 4 is 5.91 Å². The molecule has 1 aliphatic rings. The first-order valence-corrected chi connectivity index (χ1v) is 4.68. The van der Waals surface area contributed by atoms with Gasteiger partial charge in [-0.3, -0.25) is 4.79 Å². The van der Waals surface area contributed by atoms with Gasteiger partial charge in [-0.05, 0) is 36.1 Å². The molecule has 1 aromatic rings. The predicted octanol–water partition coefficient (Wildman–Crippen LogP) is 1.17. The van der Waals surface area contributed by atoms with Gasteiger partial charge in [0.1, 0.15) is 0 Å². The van der Waals surface area contributed by atoms with E-state index in [0.29, 0.717) is 12.2 Å². The fraction of sp³-hybridized carbons (Fsp3) is 0.364. The SMILES string of the molecule is Cc1cc2c(cc1C(N)=O)CCOC2. The van der Waals surface area contributed by atoms with E-state index in [0.717, 1.165) is 18.6 Å². The van der Waals surface area contributed by atoms with Crippen LogP contribution < -0.4 is 5.73 Å². The Balaban J connectivity index is 2.50. The lowest BCUT2D eigenvalue weighted by Crippen LogP contribution is -2.16. The third kappa shape index (κ3) is 1.51. The van der Waals surface area contributed by atoms with Crippen LogP contribution >= 0.6 is 0 Å². The molecule has 0 unspecified atom stereocenters. The number of hydrogen-bond acceptors (Lipinski definition) is 2. The number of ether oxygens (including phenoxy) is 1. The van der Waals surface area contributed by atoms with Crippen molar-refractivity contribution in [1.29, 1.82) is 0 Å². The number of amides is 1. The first-order valence-electron chi connectivity index (χ1n) is 4.68. The summed E-state index contributed by atoms with van der Waals surface area (Å²) in [6.07, 6.45) is 0.871. The molecule has 3 nitrogen and oxygen atoms in total. The molecule has 2 rings (SSSR count). The molecule has 3 heteroatoms. The van der Waals surface area contributed by atoms with E-state index in [4.69, 9.17) is 10.5 Å². The van der Waals surface area contributed by atoms with Crippen LogP contribution in [0, 0.1) is 6.92 Å². The van der Waals surface area contributed by atoms with Gasteiger partial charge in [-0.1, -0.05) is 6.07 Å². The van der Waals surface area contributed by atoms with Crippen LogP contribution in [0.25, 0.3) is 0 Å². The highest BCUT2D eigenvalue weighted by Crippen LogP contribution is 2.21. The molecular weight excluding hydrogens is 178 g/mol. The Kier molecular flexibility index (Phi) is 2.25. The molecule has 0 saturated heterocycles. The molecule has 0 radical (unpaired) electrons. The van der Waals surface area contributed by atoms with E-state index in [1.807, 2.05) is 19.1 Å². The van der Waals surface area contributed by atoms with Crippen molar-refractivity contribution < 1.29 is 9.53 Å². The second kappa shape index (κ2) is 3.42. The fourth-order valence-corrected chi connectivity index (χ4v) is 1.81. The molecule has 0 atom stereocenters. The third-order valence-electron chi connectivity index (χ3n) is 2.59. The lowest BCUT2D eigenvalue weighted by Gasteiger charge is -2.18. The van der Waals surface area contributed by atoms with Crippen LogP contribution in [0.15, 0.2) is 12.1 Å². The fourth-order valence-electron chi connectivity index (χ4n) is 1.81. The minimum absolute atomic E-state index is 0.350. The lowest BCUT2D eigenvalue weighted by molar-refractivity contribution is 0.0996. The maximum atomic E-state index is 11.1. The molecule has 0 aromatic heterocycles. The van der Waals surface area contributed by atoms with Crippen molar-refractivity contribution in [3.8, 4) is 0 Å². The van der Waals surface area contributed by atoms with E-state index in [1.54, 1.807) is 0 Å². The zero-order valence-electron chi connectivity index (χ0n) is 8.17. The molecule has 0 fully saturated rings. The zero-order chi connectivity index (χ0) is 10.1. The lowest BCUT2D eigenvalue weighted by atomic mass is 9.96. The van der Waals surface area contributed by atoms with E-state index in [-0.39, 0.29) is 5.91 Å². The highest BCUT2D eigenvalue weighted by Gasteiger charge is 2.13. The van der Waals surface area contributed by atoms with E-state index in [2.05, 4.69) is 0 Å². The van der Waals surface area contributed by atoms with Crippen LogP contribution in [0.3, 0.4) is 0 Å². The van der Waals surface area contributed by atoms with Crippen molar-refractivity contribution in [2.45, 2.75) is 20.0 Å². The van der Waals surface area contributed by atoms with Gasteiger partial charge in [-0.15, -0.1) is 0 Å². The minimum atomic E-state index is -0.350. The average Bonchev–Trinajstić information content (AvgIpc) is 2.16. The second-order valence-corrected chi connectivity index (χ2v) is 3.60. The van der Waals surface area contributed by atoms with Gasteiger partial charge >= 0.3 is 0 Å². The largest absolute Gasteiger partial charge is 0.376 e. The molecule has 2 N–H and O–H groups in total. The number of fused-ring (bicyclic) bond motifs is 1. The summed E-state index contributed by atoms with van der Waals surface area (Å²) in [6.45, 7) is 3.28. The van der Waals surface area contributed by atoms with Crippen molar-refractivity contribution in [3.63, 3.8) is 0 Å². The molecule has 0 spiro atoms. The minimum Gasteiger partial charge on any atom is -0.376 e. The van der Waals surface area contributed by atoms with Gasteiger partial charge < -0.3 is 10.5 Å². The van der Waals surface area contributed by atoms with Gasteiger partial charge in [0.15, 0.2) is 0 Å². The number of primary amides is 1. The molecule has 1 heterocycles. The van der Waals surface area contributed by atoms with Gasteiger partial charge in [0, 0.05) is 5.56 Å². The van der Waals surface area contributed by atoms with Crippen LogP contribution in [0.1, 0.15) is 27.0 Å². The second-order valence-electron chi connectivity index (χ2n) is 3.60. The van der Waals surface area contributed by atoms with E-state index >= 15 is 0 Å². The Morgan fingerprint density at radius 3 is 2.93 bits per heavy atom. The summed E-state index contributed by atoms with van der Waals surface area (Å²) in [7, 11) is 0. The smallest absolute Gasteiger partial charge is 0.248 e. The molecule has 0 aliphatic carbocycles. The summed E-state index contributed by atoms with van der Waals surface area (Å²) in [4.78, 5) is 11.1. The Labute approximate surface area is 82.9 Å². The standard InChI is InChI=1S/C11H13NO2/c1-7-4-9-6-14-3-2-8(9)5-10(7)11(12)13/h4-5H,2-3,6H2,1H3,(H2,12,13). The molecule has 74 valence electrons. The number of aryl methyl sites for hydroxylation is 1. The van der Waals surface area contributed by atoms with E-state index < -0.39 is 0 Å². The van der Waals surface area contributed by atoms with Crippen molar-refractivity contribution in [1.82, 2.24) is 0 Å². The Bertz CT molecular complexity index is 385. The summed E-state index contributed by atoms with van der Waals surface area (Å²) in [5, 5.41) is 0. The quantitative estimate of drug-likeness (QED) is 0.724. The van der Waals surface area contributed by atoms with Crippen LogP contribution in [0.4, 0.5) is 0 Å². The van der Waals surface area contributed by atoms with Crippen molar-refractivity contribution in [2.75, 3.05) is 6.61 Å². The summed E-state index contributed by atoms with van der Waals surface area (Å²) in [6, 6.07) is 3.89. The number of hydrogen-bond donors (Lipinski definition) is 1. The number of carbonyl (C=O) groups is 1. The Hall–Kier alpha value is -1.35. The summed E-state index contributed by atoms with van der Waals surface area (Å²) in [5.74, 6) is -0.350.